The zero-order valence-corrected chi connectivity index (χ0v) is 42.3. The monoisotopic (exact) mass is 898 g/mol. The van der Waals surface area contributed by atoms with Gasteiger partial charge in [0, 0.05) is 56.8 Å². The van der Waals surface area contributed by atoms with Gasteiger partial charge in [0.15, 0.2) is 0 Å². The summed E-state index contributed by atoms with van der Waals surface area (Å²) in [5, 5.41) is 0. The quantitative estimate of drug-likeness (QED) is 0.154. The Morgan fingerprint density at radius 3 is 1.57 bits per heavy atom. The highest BCUT2D eigenvalue weighted by Crippen LogP contribution is 2.54. The molecule has 4 heteroatoms. The molecule has 0 saturated heterocycles. The molecule has 0 spiro atoms. The van der Waals surface area contributed by atoms with Crippen LogP contribution >= 0.6 is 0 Å². The minimum Gasteiger partial charge on any atom is -0.311 e. The maximum atomic E-state index is 2.62. The number of hydrogen-bond donors (Lipinski definition) is 0. The Hall–Kier alpha value is -7.04. The first-order chi connectivity index (χ1) is 33.0. The standard InChI is InChI=1S/C65H64BN3/c1-42-38-58-61-59(39-42)69(52-21-17-18-45(40-52)44-24-26-46(27-25-44)63(3,4)5)62-55-23-16-15-22-54(55)43(2)60(62)66(61)56-41-53(36-37-57(56)68(58)49-19-13-12-14-20-49)67(50-32-28-47(29-33-50)64(6,7)8)51-34-30-48(31-35-51)65(9,10)11/h12-41,43H,1-11H3. The van der Waals surface area contributed by atoms with Crippen molar-refractivity contribution in [3.8, 4) is 11.1 Å². The van der Waals surface area contributed by atoms with Gasteiger partial charge in [0.1, 0.15) is 0 Å². The second-order valence-electron chi connectivity index (χ2n) is 22.8. The van der Waals surface area contributed by atoms with Crippen LogP contribution in [-0.2, 0) is 16.2 Å². The highest BCUT2D eigenvalue weighted by Gasteiger charge is 2.49. The maximum absolute atomic E-state index is 2.62. The van der Waals surface area contributed by atoms with Crippen LogP contribution in [0.1, 0.15) is 109 Å². The van der Waals surface area contributed by atoms with Crippen LogP contribution in [0.15, 0.2) is 187 Å². The SMILES string of the molecule is Cc1cc2c3c(c1)N(c1ccccc1)c1ccc(N(c4ccc(C(C)(C)C)cc4)c4ccc(C(C)(C)C)cc4)cc1B3C1=C(c3ccccc3C1C)N2c1cccc(-c2ccc(C(C)(C)C)cc2)c1. The van der Waals surface area contributed by atoms with E-state index in [1.807, 2.05) is 0 Å². The van der Waals surface area contributed by atoms with Crippen molar-refractivity contribution in [2.45, 2.75) is 98.3 Å². The van der Waals surface area contributed by atoms with Crippen LogP contribution in [0.25, 0.3) is 16.8 Å². The molecule has 1 atom stereocenters. The summed E-state index contributed by atoms with van der Waals surface area (Å²) in [6, 6.07) is 69.2. The van der Waals surface area contributed by atoms with Crippen molar-refractivity contribution >= 4 is 68.8 Å². The fraction of sp³-hybridized carbons (Fsp3) is 0.231. The number of benzene rings is 8. The van der Waals surface area contributed by atoms with E-state index in [2.05, 4.69) is 273 Å². The van der Waals surface area contributed by atoms with Gasteiger partial charge in [-0.25, -0.2) is 0 Å². The van der Waals surface area contributed by atoms with Crippen molar-refractivity contribution in [3.05, 3.63) is 221 Å². The Morgan fingerprint density at radius 1 is 0.449 bits per heavy atom. The van der Waals surface area contributed by atoms with E-state index in [0.717, 1.165) is 22.7 Å². The highest BCUT2D eigenvalue weighted by atomic mass is 15.2. The lowest BCUT2D eigenvalue weighted by molar-refractivity contribution is 0.590. The molecule has 0 radical (unpaired) electrons. The van der Waals surface area contributed by atoms with E-state index in [9.17, 15) is 0 Å². The summed E-state index contributed by atoms with van der Waals surface area (Å²) in [6.07, 6.45) is 0. The summed E-state index contributed by atoms with van der Waals surface area (Å²) in [7, 11) is 0. The van der Waals surface area contributed by atoms with E-state index in [1.54, 1.807) is 0 Å². The van der Waals surface area contributed by atoms with E-state index in [0.29, 0.717) is 0 Å². The molecule has 1 aliphatic carbocycles. The third-order valence-electron chi connectivity index (χ3n) is 15.0. The molecule has 3 nitrogen and oxygen atoms in total. The summed E-state index contributed by atoms with van der Waals surface area (Å²) < 4.78 is 0. The Kier molecular flexibility index (Phi) is 10.5. The Labute approximate surface area is 411 Å². The second kappa shape index (κ2) is 16.3. The van der Waals surface area contributed by atoms with Gasteiger partial charge in [-0.1, -0.05) is 178 Å². The van der Waals surface area contributed by atoms with Crippen LogP contribution < -0.4 is 25.6 Å². The summed E-state index contributed by atoms with van der Waals surface area (Å²) in [5.74, 6) is 0.185. The fourth-order valence-corrected chi connectivity index (χ4v) is 11.3. The number of aryl methyl sites for hydroxylation is 1. The lowest BCUT2D eigenvalue weighted by Crippen LogP contribution is -2.56. The molecule has 0 saturated carbocycles. The molecule has 8 aromatic carbocycles. The van der Waals surface area contributed by atoms with Crippen LogP contribution in [0.4, 0.5) is 45.5 Å². The molecule has 2 aliphatic heterocycles. The zero-order chi connectivity index (χ0) is 48.1. The average Bonchev–Trinajstić information content (AvgIpc) is 3.62. The number of nitrogens with zero attached hydrogens (tertiary/aromatic N) is 3. The first-order valence-corrected chi connectivity index (χ1v) is 24.9. The number of fused-ring (bicyclic) bond motifs is 5. The molecule has 3 aliphatic rings. The van der Waals surface area contributed by atoms with Gasteiger partial charge in [-0.2, -0.15) is 0 Å². The van der Waals surface area contributed by atoms with Crippen molar-refractivity contribution in [1.29, 1.82) is 0 Å². The van der Waals surface area contributed by atoms with Crippen LogP contribution in [-0.4, -0.2) is 6.71 Å². The molecule has 69 heavy (non-hydrogen) atoms. The summed E-state index contributed by atoms with van der Waals surface area (Å²) in [6.45, 7) is 25.3. The fourth-order valence-electron chi connectivity index (χ4n) is 11.3. The van der Waals surface area contributed by atoms with Gasteiger partial charge in [-0.3, -0.25) is 0 Å². The molecule has 8 aromatic rings. The van der Waals surface area contributed by atoms with Crippen LogP contribution in [0, 0.1) is 6.92 Å². The zero-order valence-electron chi connectivity index (χ0n) is 42.3. The van der Waals surface area contributed by atoms with Crippen molar-refractivity contribution in [2.24, 2.45) is 0 Å². The Bertz CT molecular complexity index is 3230. The average molecular weight is 898 g/mol. The van der Waals surface area contributed by atoms with Gasteiger partial charge in [0.05, 0.1) is 0 Å². The minimum absolute atomic E-state index is 0.000621. The van der Waals surface area contributed by atoms with Gasteiger partial charge >= 0.3 is 0 Å². The van der Waals surface area contributed by atoms with Gasteiger partial charge in [0.25, 0.3) is 0 Å². The molecular formula is C65H64BN3. The molecule has 0 N–H and O–H groups in total. The topological polar surface area (TPSA) is 9.72 Å². The van der Waals surface area contributed by atoms with Crippen molar-refractivity contribution in [1.82, 2.24) is 0 Å². The number of rotatable bonds is 6. The maximum Gasteiger partial charge on any atom is 0.248 e. The van der Waals surface area contributed by atoms with Gasteiger partial charge in [0.2, 0.25) is 6.71 Å². The van der Waals surface area contributed by atoms with Crippen LogP contribution in [0.3, 0.4) is 0 Å². The molecule has 11 rings (SSSR count). The lowest BCUT2D eigenvalue weighted by Gasteiger charge is -2.45. The van der Waals surface area contributed by atoms with Gasteiger partial charge in [-0.15, -0.1) is 0 Å². The van der Waals surface area contributed by atoms with Crippen molar-refractivity contribution in [3.63, 3.8) is 0 Å². The van der Waals surface area contributed by atoms with Crippen molar-refractivity contribution in [2.75, 3.05) is 14.7 Å². The summed E-state index contributed by atoms with van der Waals surface area (Å²) in [4.78, 5) is 7.62. The summed E-state index contributed by atoms with van der Waals surface area (Å²) >= 11 is 0. The third-order valence-corrected chi connectivity index (χ3v) is 15.0. The van der Waals surface area contributed by atoms with E-state index in [-0.39, 0.29) is 28.9 Å². The van der Waals surface area contributed by atoms with E-state index in [4.69, 9.17) is 0 Å². The molecule has 2 heterocycles. The van der Waals surface area contributed by atoms with Gasteiger partial charge in [-0.05, 0) is 158 Å². The number of para-hydroxylation sites is 1. The number of hydrogen-bond acceptors (Lipinski definition) is 3. The van der Waals surface area contributed by atoms with E-state index >= 15 is 0 Å². The third kappa shape index (κ3) is 7.60. The molecule has 1 unspecified atom stereocenters. The summed E-state index contributed by atoms with van der Waals surface area (Å²) in [5.41, 5.74) is 25.4. The number of anilines is 8. The lowest BCUT2D eigenvalue weighted by atomic mass is 9.31. The number of allylic oxidation sites excluding steroid dienone is 1. The smallest absolute Gasteiger partial charge is 0.248 e. The molecule has 342 valence electrons. The van der Waals surface area contributed by atoms with Crippen LogP contribution in [0.2, 0.25) is 0 Å². The first kappa shape index (κ1) is 44.5. The Balaban J connectivity index is 1.16. The van der Waals surface area contributed by atoms with E-state index < -0.39 is 0 Å². The largest absolute Gasteiger partial charge is 0.311 e. The van der Waals surface area contributed by atoms with Gasteiger partial charge < -0.3 is 14.7 Å². The molecular weight excluding hydrogens is 834 g/mol. The van der Waals surface area contributed by atoms with Crippen molar-refractivity contribution < 1.29 is 0 Å². The van der Waals surface area contributed by atoms with Crippen LogP contribution in [0.5, 0.6) is 0 Å². The Morgan fingerprint density at radius 2 is 0.971 bits per heavy atom. The predicted molar refractivity (Wildman–Crippen MR) is 297 cm³/mol. The molecule has 0 amide bonds. The first-order valence-electron chi connectivity index (χ1n) is 24.9. The normalized spacial score (nSPS) is 15.2. The molecule has 0 fully saturated rings. The predicted octanol–water partition coefficient (Wildman–Crippen LogP) is 16.6. The molecule has 0 aromatic heterocycles. The molecule has 0 bridgehead atoms. The minimum atomic E-state index is 0.000621. The second-order valence-corrected chi connectivity index (χ2v) is 22.8. The van der Waals surface area contributed by atoms with E-state index in [1.165, 1.54) is 89.4 Å². The highest BCUT2D eigenvalue weighted by molar-refractivity contribution is 6.96.